The number of halogens is 2. The molecular formula is C13H8BrClN4OS. The van der Waals surface area contributed by atoms with Crippen LogP contribution in [0.1, 0.15) is 9.67 Å². The van der Waals surface area contributed by atoms with Crippen LogP contribution >= 0.6 is 38.9 Å². The van der Waals surface area contributed by atoms with Crippen molar-refractivity contribution in [2.75, 3.05) is 11.1 Å². The van der Waals surface area contributed by atoms with Gasteiger partial charge in [-0.3, -0.25) is 4.79 Å². The molecule has 3 aromatic rings. The number of carbonyl (C=O) groups is 1. The van der Waals surface area contributed by atoms with E-state index in [-0.39, 0.29) is 5.91 Å². The lowest BCUT2D eigenvalue weighted by molar-refractivity contribution is 0.103. The second-order valence-electron chi connectivity index (χ2n) is 4.17. The number of benzene rings is 1. The van der Waals surface area contributed by atoms with Crippen molar-refractivity contribution in [3.63, 3.8) is 0 Å². The van der Waals surface area contributed by atoms with Crippen molar-refractivity contribution in [1.29, 1.82) is 0 Å². The Kier molecular flexibility index (Phi) is 3.79. The van der Waals surface area contributed by atoms with Crippen molar-refractivity contribution in [2.24, 2.45) is 0 Å². The van der Waals surface area contributed by atoms with Crippen LogP contribution in [0.15, 0.2) is 34.9 Å². The van der Waals surface area contributed by atoms with Gasteiger partial charge in [0.15, 0.2) is 0 Å². The molecule has 0 aliphatic rings. The number of hydrogen-bond donors (Lipinski definition) is 2. The van der Waals surface area contributed by atoms with Gasteiger partial charge in [-0.05, 0) is 40.2 Å². The smallest absolute Gasteiger partial charge is 0.267 e. The fourth-order valence-electron chi connectivity index (χ4n) is 1.81. The number of nitrogens with one attached hydrogen (secondary N) is 1. The van der Waals surface area contributed by atoms with E-state index in [0.717, 1.165) is 9.86 Å². The third-order valence-corrected chi connectivity index (χ3v) is 4.83. The van der Waals surface area contributed by atoms with Gasteiger partial charge in [0.2, 0.25) is 0 Å². The zero-order chi connectivity index (χ0) is 15.0. The summed E-state index contributed by atoms with van der Waals surface area (Å²) in [4.78, 5) is 13.4. The minimum absolute atomic E-state index is 0.307. The number of nitrogen functional groups attached to an aromatic ring is 1. The fourth-order valence-corrected chi connectivity index (χ4v) is 3.26. The number of hydrogen-bond acceptors (Lipinski definition) is 5. The molecule has 0 saturated heterocycles. The first kappa shape index (κ1) is 14.2. The van der Waals surface area contributed by atoms with Crippen molar-refractivity contribution >= 4 is 66.4 Å². The maximum atomic E-state index is 12.4. The molecule has 1 amide bonds. The lowest BCUT2D eigenvalue weighted by Crippen LogP contribution is -2.12. The number of rotatable bonds is 2. The van der Waals surface area contributed by atoms with E-state index in [9.17, 15) is 4.79 Å². The van der Waals surface area contributed by atoms with Gasteiger partial charge in [-0.15, -0.1) is 16.4 Å². The van der Waals surface area contributed by atoms with Crippen LogP contribution in [0, 0.1) is 0 Å². The van der Waals surface area contributed by atoms with E-state index in [2.05, 4.69) is 31.4 Å². The number of thiophene rings is 1. The lowest BCUT2D eigenvalue weighted by atomic mass is 10.2. The summed E-state index contributed by atoms with van der Waals surface area (Å²) < 4.78 is 0.736. The fraction of sp³-hybridized carbons (Fsp3) is 0. The van der Waals surface area contributed by atoms with Gasteiger partial charge in [0.05, 0.1) is 17.6 Å². The number of nitrogens with two attached hydrogens (primary N) is 1. The molecule has 0 fully saturated rings. The first-order valence-electron chi connectivity index (χ1n) is 5.82. The molecule has 0 atom stereocenters. The highest BCUT2D eigenvalue weighted by Gasteiger charge is 2.18. The molecule has 5 nitrogen and oxygen atoms in total. The lowest BCUT2D eigenvalue weighted by Gasteiger charge is -2.07. The number of amides is 1. The van der Waals surface area contributed by atoms with Gasteiger partial charge in [-0.2, -0.15) is 5.10 Å². The maximum absolute atomic E-state index is 12.4. The van der Waals surface area contributed by atoms with Gasteiger partial charge in [-0.25, -0.2) is 0 Å². The average molecular weight is 384 g/mol. The summed E-state index contributed by atoms with van der Waals surface area (Å²) in [6.07, 6.45) is 1.54. The molecular weight excluding hydrogens is 376 g/mol. The summed E-state index contributed by atoms with van der Waals surface area (Å²) in [6, 6.07) is 6.88. The molecule has 2 aromatic heterocycles. The summed E-state index contributed by atoms with van der Waals surface area (Å²) in [7, 11) is 0. The monoisotopic (exact) mass is 382 g/mol. The van der Waals surface area contributed by atoms with Crippen molar-refractivity contribution < 1.29 is 4.79 Å². The van der Waals surface area contributed by atoms with Gasteiger partial charge in [0.1, 0.15) is 9.71 Å². The van der Waals surface area contributed by atoms with Crippen LogP contribution in [-0.4, -0.2) is 16.1 Å². The number of nitrogens with zero attached hydrogens (tertiary/aromatic N) is 2. The minimum atomic E-state index is -0.307. The Morgan fingerprint density at radius 2 is 2.19 bits per heavy atom. The van der Waals surface area contributed by atoms with Crippen LogP contribution in [0.2, 0.25) is 5.02 Å². The Labute approximate surface area is 137 Å². The van der Waals surface area contributed by atoms with E-state index >= 15 is 0 Å². The Morgan fingerprint density at radius 1 is 1.38 bits per heavy atom. The normalized spacial score (nSPS) is 10.8. The van der Waals surface area contributed by atoms with Gasteiger partial charge < -0.3 is 11.1 Å². The first-order chi connectivity index (χ1) is 10.1. The second kappa shape index (κ2) is 5.59. The highest BCUT2D eigenvalue weighted by atomic mass is 79.9. The highest BCUT2D eigenvalue weighted by molar-refractivity contribution is 9.10. The van der Waals surface area contributed by atoms with Gasteiger partial charge >= 0.3 is 0 Å². The van der Waals surface area contributed by atoms with Crippen LogP contribution in [0.5, 0.6) is 0 Å². The van der Waals surface area contributed by atoms with Crippen LogP contribution in [0.25, 0.3) is 10.2 Å². The summed E-state index contributed by atoms with van der Waals surface area (Å²) in [5.41, 5.74) is 6.99. The second-order valence-corrected chi connectivity index (χ2v) is 6.46. The van der Waals surface area contributed by atoms with Crippen LogP contribution in [-0.2, 0) is 0 Å². The number of carbonyl (C=O) groups excluding carboxylic acids is 1. The zero-order valence-corrected chi connectivity index (χ0v) is 13.6. The predicted molar refractivity (Wildman–Crippen MR) is 88.9 cm³/mol. The SMILES string of the molecule is Nc1c(C(=O)Nc2cc(Cl)ccc2Br)sc2nnccc12. The minimum Gasteiger partial charge on any atom is -0.397 e. The molecule has 0 aliphatic carbocycles. The number of aromatic nitrogens is 2. The van der Waals surface area contributed by atoms with E-state index in [1.807, 2.05) is 0 Å². The van der Waals surface area contributed by atoms with Crippen molar-refractivity contribution in [3.05, 3.63) is 44.8 Å². The van der Waals surface area contributed by atoms with E-state index < -0.39 is 0 Å². The average Bonchev–Trinajstić information content (AvgIpc) is 2.81. The number of fused-ring (bicyclic) bond motifs is 1. The summed E-state index contributed by atoms with van der Waals surface area (Å²) >= 11 is 10.5. The molecule has 8 heteroatoms. The maximum Gasteiger partial charge on any atom is 0.267 e. The molecule has 1 aromatic carbocycles. The van der Waals surface area contributed by atoms with Crippen LogP contribution in [0.3, 0.4) is 0 Å². The van der Waals surface area contributed by atoms with E-state index in [4.69, 9.17) is 17.3 Å². The van der Waals surface area contributed by atoms with Crippen molar-refractivity contribution in [1.82, 2.24) is 10.2 Å². The van der Waals surface area contributed by atoms with Gasteiger partial charge in [0, 0.05) is 14.9 Å². The molecule has 2 heterocycles. The highest BCUT2D eigenvalue weighted by Crippen LogP contribution is 2.33. The van der Waals surface area contributed by atoms with E-state index in [1.54, 1.807) is 30.5 Å². The topological polar surface area (TPSA) is 80.9 Å². The van der Waals surface area contributed by atoms with Crippen LogP contribution in [0.4, 0.5) is 11.4 Å². The molecule has 3 N–H and O–H groups in total. The van der Waals surface area contributed by atoms with E-state index in [0.29, 0.717) is 26.1 Å². The zero-order valence-electron chi connectivity index (χ0n) is 10.4. The van der Waals surface area contributed by atoms with Gasteiger partial charge in [0.25, 0.3) is 5.91 Å². The quantitative estimate of drug-likeness (QED) is 0.702. The molecule has 0 saturated carbocycles. The van der Waals surface area contributed by atoms with Crippen LogP contribution < -0.4 is 11.1 Å². The third-order valence-electron chi connectivity index (χ3n) is 2.80. The van der Waals surface area contributed by atoms with Crippen molar-refractivity contribution in [3.8, 4) is 0 Å². The molecule has 21 heavy (non-hydrogen) atoms. The van der Waals surface area contributed by atoms with Gasteiger partial charge in [-0.1, -0.05) is 11.6 Å². The molecule has 0 aliphatic heterocycles. The van der Waals surface area contributed by atoms with E-state index in [1.165, 1.54) is 11.3 Å². The standard InChI is InChI=1S/C13H8BrClN4OS/c14-8-2-1-6(15)5-9(8)18-12(20)11-10(16)7-3-4-17-19-13(7)21-11/h1-5H,16H2,(H,18,20). The molecule has 0 unspecified atom stereocenters. The summed E-state index contributed by atoms with van der Waals surface area (Å²) in [5.74, 6) is -0.307. The predicted octanol–water partition coefficient (Wildman–Crippen LogP) is 3.94. The molecule has 0 radical (unpaired) electrons. The Hall–Kier alpha value is -1.70. The Balaban J connectivity index is 1.97. The molecule has 0 spiro atoms. The third kappa shape index (κ3) is 2.72. The summed E-state index contributed by atoms with van der Waals surface area (Å²) in [6.45, 7) is 0. The molecule has 0 bridgehead atoms. The number of anilines is 2. The Bertz CT molecular complexity index is 851. The Morgan fingerprint density at radius 3 is 2.95 bits per heavy atom. The molecule has 106 valence electrons. The first-order valence-corrected chi connectivity index (χ1v) is 7.81. The summed E-state index contributed by atoms with van der Waals surface area (Å²) in [5, 5.41) is 11.8. The molecule has 3 rings (SSSR count). The largest absolute Gasteiger partial charge is 0.397 e. The van der Waals surface area contributed by atoms with Crippen molar-refractivity contribution in [2.45, 2.75) is 0 Å².